The zero-order valence-corrected chi connectivity index (χ0v) is 8.94. The van der Waals surface area contributed by atoms with Crippen LogP contribution in [0.3, 0.4) is 0 Å². The van der Waals surface area contributed by atoms with E-state index >= 15 is 0 Å². The lowest BCUT2D eigenvalue weighted by Gasteiger charge is -2.10. The van der Waals surface area contributed by atoms with Crippen LogP contribution in [0, 0.1) is 0 Å². The summed E-state index contributed by atoms with van der Waals surface area (Å²) in [7, 11) is 0. The first kappa shape index (κ1) is 9.22. The first-order valence-electron chi connectivity index (χ1n) is 5.17. The minimum absolute atomic E-state index is 0.775. The van der Waals surface area contributed by atoms with Crippen LogP contribution < -0.4 is 5.32 Å². The third-order valence-corrected chi connectivity index (χ3v) is 3.91. The molecule has 1 N–H and O–H groups in total. The molecule has 0 spiro atoms. The lowest BCUT2D eigenvalue weighted by atomic mass is 10.1. The predicted octanol–water partition coefficient (Wildman–Crippen LogP) is 2.99. The standard InChI is InChI=1S/C11H17NS/c1-2-12-10-6-5-9(8-10)11-4-3-7-13-11/h3-4,7,9-10,12H,2,5-6,8H2,1H3. The van der Waals surface area contributed by atoms with E-state index in [1.54, 1.807) is 4.88 Å². The zero-order chi connectivity index (χ0) is 9.10. The van der Waals surface area contributed by atoms with Crippen LogP contribution in [-0.2, 0) is 0 Å². The maximum Gasteiger partial charge on any atom is 0.00767 e. The molecule has 0 saturated heterocycles. The van der Waals surface area contributed by atoms with Crippen molar-refractivity contribution in [3.8, 4) is 0 Å². The number of rotatable bonds is 3. The monoisotopic (exact) mass is 195 g/mol. The minimum atomic E-state index is 0.775. The van der Waals surface area contributed by atoms with Gasteiger partial charge in [-0.25, -0.2) is 0 Å². The molecule has 1 aliphatic rings. The molecule has 1 heterocycles. The van der Waals surface area contributed by atoms with Gasteiger partial charge < -0.3 is 5.32 Å². The lowest BCUT2D eigenvalue weighted by molar-refractivity contribution is 0.536. The molecule has 2 unspecified atom stereocenters. The molecular formula is C11H17NS. The normalized spacial score (nSPS) is 28.1. The molecule has 0 radical (unpaired) electrons. The molecule has 13 heavy (non-hydrogen) atoms. The lowest BCUT2D eigenvalue weighted by Crippen LogP contribution is -2.25. The van der Waals surface area contributed by atoms with Gasteiger partial charge in [0, 0.05) is 10.9 Å². The van der Waals surface area contributed by atoms with Gasteiger partial charge in [0.05, 0.1) is 0 Å². The molecule has 1 aromatic rings. The molecule has 2 atom stereocenters. The summed E-state index contributed by atoms with van der Waals surface area (Å²) in [6, 6.07) is 5.22. The van der Waals surface area contributed by atoms with Crippen LogP contribution in [-0.4, -0.2) is 12.6 Å². The third-order valence-electron chi connectivity index (χ3n) is 2.87. The van der Waals surface area contributed by atoms with Gasteiger partial charge in [-0.05, 0) is 43.2 Å². The van der Waals surface area contributed by atoms with E-state index < -0.39 is 0 Å². The van der Waals surface area contributed by atoms with Crippen LogP contribution in [0.2, 0.25) is 0 Å². The molecule has 1 aliphatic carbocycles. The highest BCUT2D eigenvalue weighted by Gasteiger charge is 2.25. The van der Waals surface area contributed by atoms with Crippen molar-refractivity contribution in [2.75, 3.05) is 6.54 Å². The van der Waals surface area contributed by atoms with Crippen molar-refractivity contribution in [2.45, 2.75) is 38.1 Å². The van der Waals surface area contributed by atoms with Crippen molar-refractivity contribution in [3.05, 3.63) is 22.4 Å². The zero-order valence-electron chi connectivity index (χ0n) is 8.12. The molecule has 0 bridgehead atoms. The summed E-state index contributed by atoms with van der Waals surface area (Å²) >= 11 is 1.91. The van der Waals surface area contributed by atoms with Gasteiger partial charge in [-0.1, -0.05) is 13.0 Å². The van der Waals surface area contributed by atoms with Crippen LogP contribution in [0.5, 0.6) is 0 Å². The molecule has 72 valence electrons. The van der Waals surface area contributed by atoms with E-state index in [0.717, 1.165) is 18.5 Å². The van der Waals surface area contributed by atoms with E-state index in [9.17, 15) is 0 Å². The van der Waals surface area contributed by atoms with Gasteiger partial charge in [-0.2, -0.15) is 0 Å². The highest BCUT2D eigenvalue weighted by molar-refractivity contribution is 7.10. The Morgan fingerprint density at radius 1 is 1.54 bits per heavy atom. The number of nitrogens with one attached hydrogen (secondary N) is 1. The third kappa shape index (κ3) is 2.12. The van der Waals surface area contributed by atoms with Gasteiger partial charge in [0.2, 0.25) is 0 Å². The van der Waals surface area contributed by atoms with Gasteiger partial charge in [-0.15, -0.1) is 11.3 Å². The van der Waals surface area contributed by atoms with Crippen molar-refractivity contribution in [2.24, 2.45) is 0 Å². The van der Waals surface area contributed by atoms with Gasteiger partial charge in [0.1, 0.15) is 0 Å². The Labute approximate surface area is 84.2 Å². The van der Waals surface area contributed by atoms with Crippen molar-refractivity contribution in [3.63, 3.8) is 0 Å². The van der Waals surface area contributed by atoms with Gasteiger partial charge in [0.25, 0.3) is 0 Å². The number of thiophene rings is 1. The number of hydrogen-bond acceptors (Lipinski definition) is 2. The fourth-order valence-corrected chi connectivity index (χ4v) is 3.12. The van der Waals surface area contributed by atoms with Crippen LogP contribution in [0.1, 0.15) is 37.0 Å². The summed E-state index contributed by atoms with van der Waals surface area (Å²) in [5, 5.41) is 5.73. The van der Waals surface area contributed by atoms with Crippen molar-refractivity contribution in [1.29, 1.82) is 0 Å². The van der Waals surface area contributed by atoms with E-state index in [-0.39, 0.29) is 0 Å². The Kier molecular flexibility index (Phi) is 3.01. The smallest absolute Gasteiger partial charge is 0.00767 e. The predicted molar refractivity (Wildman–Crippen MR) is 58.4 cm³/mol. The molecule has 1 aromatic heterocycles. The molecule has 0 aliphatic heterocycles. The summed E-state index contributed by atoms with van der Waals surface area (Å²) in [6.07, 6.45) is 4.07. The maximum atomic E-state index is 3.54. The molecule has 1 nitrogen and oxygen atoms in total. The second kappa shape index (κ2) is 4.25. The summed E-state index contributed by atoms with van der Waals surface area (Å²) in [6.45, 7) is 3.31. The quantitative estimate of drug-likeness (QED) is 0.782. The largest absolute Gasteiger partial charge is 0.314 e. The average Bonchev–Trinajstić information content (AvgIpc) is 2.70. The van der Waals surface area contributed by atoms with E-state index in [2.05, 4.69) is 29.8 Å². The van der Waals surface area contributed by atoms with Crippen LogP contribution in [0.25, 0.3) is 0 Å². The van der Waals surface area contributed by atoms with Crippen molar-refractivity contribution < 1.29 is 0 Å². The van der Waals surface area contributed by atoms with Gasteiger partial charge in [-0.3, -0.25) is 0 Å². The summed E-state index contributed by atoms with van der Waals surface area (Å²) in [5.41, 5.74) is 0. The molecule has 2 heteroatoms. The highest BCUT2D eigenvalue weighted by Crippen LogP contribution is 2.36. The van der Waals surface area contributed by atoms with Crippen molar-refractivity contribution in [1.82, 2.24) is 5.32 Å². The first-order chi connectivity index (χ1) is 6.40. The second-order valence-electron chi connectivity index (χ2n) is 3.78. The molecule has 0 amide bonds. The fraction of sp³-hybridized carbons (Fsp3) is 0.636. The van der Waals surface area contributed by atoms with Crippen LogP contribution in [0.15, 0.2) is 17.5 Å². The van der Waals surface area contributed by atoms with E-state index in [0.29, 0.717) is 0 Å². The first-order valence-corrected chi connectivity index (χ1v) is 6.05. The SMILES string of the molecule is CCNC1CCC(c2cccs2)C1. The molecule has 2 rings (SSSR count). The summed E-state index contributed by atoms with van der Waals surface area (Å²) in [4.78, 5) is 1.58. The summed E-state index contributed by atoms with van der Waals surface area (Å²) < 4.78 is 0. The van der Waals surface area contributed by atoms with E-state index in [4.69, 9.17) is 0 Å². The topological polar surface area (TPSA) is 12.0 Å². The van der Waals surface area contributed by atoms with Crippen LogP contribution in [0.4, 0.5) is 0 Å². The van der Waals surface area contributed by atoms with Gasteiger partial charge in [0.15, 0.2) is 0 Å². The average molecular weight is 195 g/mol. The molecular weight excluding hydrogens is 178 g/mol. The van der Waals surface area contributed by atoms with Crippen LogP contribution >= 0.6 is 11.3 Å². The Bertz CT molecular complexity index is 243. The Morgan fingerprint density at radius 2 is 2.46 bits per heavy atom. The van der Waals surface area contributed by atoms with E-state index in [1.165, 1.54) is 19.3 Å². The maximum absolute atomic E-state index is 3.54. The Morgan fingerprint density at radius 3 is 3.15 bits per heavy atom. The fourth-order valence-electron chi connectivity index (χ4n) is 2.24. The Balaban J connectivity index is 1.91. The molecule has 1 saturated carbocycles. The van der Waals surface area contributed by atoms with Gasteiger partial charge >= 0.3 is 0 Å². The minimum Gasteiger partial charge on any atom is -0.314 e. The van der Waals surface area contributed by atoms with Crippen molar-refractivity contribution >= 4 is 11.3 Å². The molecule has 1 fully saturated rings. The number of hydrogen-bond donors (Lipinski definition) is 1. The molecule has 0 aromatic carbocycles. The van der Waals surface area contributed by atoms with E-state index in [1.807, 2.05) is 11.3 Å². The summed E-state index contributed by atoms with van der Waals surface area (Å²) in [5.74, 6) is 0.837. The second-order valence-corrected chi connectivity index (χ2v) is 4.76. The Hall–Kier alpha value is -0.340. The highest BCUT2D eigenvalue weighted by atomic mass is 32.1.